The molecule has 1 atom stereocenters. The van der Waals surface area contributed by atoms with E-state index < -0.39 is 11.6 Å². The second-order valence-electron chi connectivity index (χ2n) is 4.77. The topological polar surface area (TPSA) is 21.3 Å². The highest BCUT2D eigenvalue weighted by Crippen LogP contribution is 2.33. The fourth-order valence-corrected chi connectivity index (χ4v) is 2.73. The first-order chi connectivity index (χ1) is 9.13. The van der Waals surface area contributed by atoms with Gasteiger partial charge in [0.15, 0.2) is 0 Å². The van der Waals surface area contributed by atoms with Crippen molar-refractivity contribution in [2.45, 2.75) is 25.8 Å². The zero-order chi connectivity index (χ0) is 13.8. The van der Waals surface area contributed by atoms with E-state index in [1.807, 2.05) is 6.92 Å². The van der Waals surface area contributed by atoms with E-state index in [0.29, 0.717) is 25.3 Å². The van der Waals surface area contributed by atoms with Crippen LogP contribution in [0.15, 0.2) is 12.1 Å². The lowest BCUT2D eigenvalue weighted by molar-refractivity contribution is 0.0533. The van der Waals surface area contributed by atoms with Crippen LogP contribution in [0.5, 0.6) is 0 Å². The molecule has 2 rings (SSSR count). The summed E-state index contributed by atoms with van der Waals surface area (Å²) in [4.78, 5) is 0. The van der Waals surface area contributed by atoms with Crippen molar-refractivity contribution >= 4 is 11.6 Å². The van der Waals surface area contributed by atoms with Crippen LogP contribution >= 0.6 is 11.6 Å². The zero-order valence-corrected chi connectivity index (χ0v) is 11.6. The molecule has 19 heavy (non-hydrogen) atoms. The van der Waals surface area contributed by atoms with Gasteiger partial charge in [0.25, 0.3) is 0 Å². The van der Waals surface area contributed by atoms with E-state index in [0.717, 1.165) is 18.9 Å². The van der Waals surface area contributed by atoms with Gasteiger partial charge >= 0.3 is 0 Å². The third-order valence-corrected chi connectivity index (χ3v) is 3.83. The van der Waals surface area contributed by atoms with Gasteiger partial charge in [-0.1, -0.05) is 18.5 Å². The molecule has 0 aliphatic carbocycles. The third kappa shape index (κ3) is 3.44. The molecule has 1 heterocycles. The average molecular weight is 290 g/mol. The number of hydrogen-bond acceptors (Lipinski definition) is 2. The first-order valence-corrected chi connectivity index (χ1v) is 6.96. The van der Waals surface area contributed by atoms with Crippen molar-refractivity contribution in [1.29, 1.82) is 0 Å². The molecule has 1 aromatic carbocycles. The Morgan fingerprint density at radius 2 is 2.00 bits per heavy atom. The Morgan fingerprint density at radius 1 is 1.32 bits per heavy atom. The maximum atomic E-state index is 14.0. The van der Waals surface area contributed by atoms with E-state index in [-0.39, 0.29) is 17.0 Å². The Hall–Kier alpha value is -0.710. The van der Waals surface area contributed by atoms with E-state index in [9.17, 15) is 8.78 Å². The smallest absolute Gasteiger partial charge is 0.142 e. The lowest BCUT2D eigenvalue weighted by Gasteiger charge is -2.31. The largest absolute Gasteiger partial charge is 0.381 e. The quantitative estimate of drug-likeness (QED) is 0.854. The molecule has 2 nitrogen and oxygen atoms in total. The first-order valence-electron chi connectivity index (χ1n) is 6.59. The minimum Gasteiger partial charge on any atom is -0.381 e. The van der Waals surface area contributed by atoms with Gasteiger partial charge in [-0.05, 0) is 37.4 Å². The Bertz CT molecular complexity index is 436. The molecule has 0 bridgehead atoms. The number of nitrogens with one attached hydrogen (secondary N) is 1. The molecule has 1 N–H and O–H groups in total. The predicted octanol–water partition coefficient (Wildman–Crippen LogP) is 3.70. The zero-order valence-electron chi connectivity index (χ0n) is 10.9. The fraction of sp³-hybridized carbons (Fsp3) is 0.571. The van der Waals surface area contributed by atoms with Crippen LogP contribution in [0.25, 0.3) is 0 Å². The summed E-state index contributed by atoms with van der Waals surface area (Å²) in [5.41, 5.74) is 0.357. The minimum absolute atomic E-state index is 0.177. The van der Waals surface area contributed by atoms with Crippen molar-refractivity contribution in [2.75, 3.05) is 19.8 Å². The summed E-state index contributed by atoms with van der Waals surface area (Å²) in [6.45, 7) is 4.00. The van der Waals surface area contributed by atoms with Crippen LogP contribution in [0.2, 0.25) is 5.02 Å². The second kappa shape index (κ2) is 6.64. The molecule has 1 saturated heterocycles. The maximum Gasteiger partial charge on any atom is 0.142 e. The minimum atomic E-state index is -0.576. The number of hydrogen-bond donors (Lipinski definition) is 1. The Labute approximate surface area is 117 Å². The Morgan fingerprint density at radius 3 is 2.63 bits per heavy atom. The van der Waals surface area contributed by atoms with Gasteiger partial charge in [0.05, 0.1) is 5.02 Å². The molecule has 1 fully saturated rings. The van der Waals surface area contributed by atoms with Crippen LogP contribution in [0.4, 0.5) is 8.78 Å². The number of benzene rings is 1. The highest BCUT2D eigenvalue weighted by atomic mass is 35.5. The van der Waals surface area contributed by atoms with Crippen molar-refractivity contribution < 1.29 is 13.5 Å². The maximum absolute atomic E-state index is 14.0. The van der Waals surface area contributed by atoms with Gasteiger partial charge in [-0.3, -0.25) is 0 Å². The van der Waals surface area contributed by atoms with Gasteiger partial charge < -0.3 is 10.1 Å². The van der Waals surface area contributed by atoms with E-state index in [1.54, 1.807) is 0 Å². The van der Waals surface area contributed by atoms with Crippen LogP contribution in [-0.2, 0) is 4.74 Å². The summed E-state index contributed by atoms with van der Waals surface area (Å²) >= 11 is 5.60. The SMILES string of the molecule is CCNC(c1cc(F)c(Cl)cc1F)C1CCOCC1. The van der Waals surface area contributed by atoms with E-state index in [2.05, 4.69) is 5.32 Å². The summed E-state index contributed by atoms with van der Waals surface area (Å²) in [5, 5.41) is 3.07. The summed E-state index contributed by atoms with van der Waals surface area (Å²) in [5.74, 6) is -0.777. The molecular formula is C14H18ClF2NO. The van der Waals surface area contributed by atoms with Crippen molar-refractivity contribution in [3.63, 3.8) is 0 Å². The Kier molecular flexibility index (Phi) is 5.13. The van der Waals surface area contributed by atoms with E-state index >= 15 is 0 Å². The molecule has 0 amide bonds. The van der Waals surface area contributed by atoms with Gasteiger partial charge in [0.1, 0.15) is 11.6 Å². The van der Waals surface area contributed by atoms with Gasteiger partial charge in [0, 0.05) is 24.8 Å². The van der Waals surface area contributed by atoms with E-state index in [4.69, 9.17) is 16.3 Å². The lowest BCUT2D eigenvalue weighted by Crippen LogP contribution is -2.32. The molecule has 0 spiro atoms. The van der Waals surface area contributed by atoms with Crippen molar-refractivity contribution in [3.8, 4) is 0 Å². The molecule has 5 heteroatoms. The Balaban J connectivity index is 2.29. The van der Waals surface area contributed by atoms with Crippen molar-refractivity contribution in [3.05, 3.63) is 34.4 Å². The monoisotopic (exact) mass is 289 g/mol. The lowest BCUT2D eigenvalue weighted by atomic mass is 9.86. The van der Waals surface area contributed by atoms with Gasteiger partial charge in [-0.2, -0.15) is 0 Å². The molecule has 1 aromatic rings. The molecule has 0 radical (unpaired) electrons. The summed E-state index contributed by atoms with van der Waals surface area (Å²) in [7, 11) is 0. The summed E-state index contributed by atoms with van der Waals surface area (Å²) in [6.07, 6.45) is 1.70. The molecule has 1 aliphatic heterocycles. The molecule has 0 saturated carbocycles. The van der Waals surface area contributed by atoms with Crippen LogP contribution in [0.1, 0.15) is 31.4 Å². The predicted molar refractivity (Wildman–Crippen MR) is 71.3 cm³/mol. The average Bonchev–Trinajstić information content (AvgIpc) is 2.42. The number of ether oxygens (including phenoxy) is 1. The number of halogens is 3. The molecular weight excluding hydrogens is 272 g/mol. The van der Waals surface area contributed by atoms with Crippen molar-refractivity contribution in [1.82, 2.24) is 5.32 Å². The molecule has 106 valence electrons. The fourth-order valence-electron chi connectivity index (χ4n) is 2.58. The van der Waals surface area contributed by atoms with Gasteiger partial charge in [0.2, 0.25) is 0 Å². The van der Waals surface area contributed by atoms with E-state index in [1.165, 1.54) is 6.07 Å². The van der Waals surface area contributed by atoms with Crippen LogP contribution in [-0.4, -0.2) is 19.8 Å². The molecule has 1 unspecified atom stereocenters. The summed E-state index contributed by atoms with van der Waals surface area (Å²) < 4.78 is 32.9. The first kappa shape index (κ1) is 14.7. The van der Waals surface area contributed by atoms with Crippen LogP contribution in [0.3, 0.4) is 0 Å². The standard InChI is InChI=1S/C14H18ClF2NO/c1-2-18-14(9-3-5-19-6-4-9)10-7-13(17)11(15)8-12(10)16/h7-9,14,18H,2-6H2,1H3. The van der Waals surface area contributed by atoms with Gasteiger partial charge in [-0.25, -0.2) is 8.78 Å². The molecule has 1 aliphatic rings. The number of rotatable bonds is 4. The highest BCUT2D eigenvalue weighted by molar-refractivity contribution is 6.30. The van der Waals surface area contributed by atoms with Crippen LogP contribution < -0.4 is 5.32 Å². The third-order valence-electron chi connectivity index (χ3n) is 3.54. The van der Waals surface area contributed by atoms with Crippen molar-refractivity contribution in [2.24, 2.45) is 5.92 Å². The van der Waals surface area contributed by atoms with Crippen LogP contribution in [0, 0.1) is 17.6 Å². The summed E-state index contributed by atoms with van der Waals surface area (Å²) in [6, 6.07) is 2.07. The molecule has 0 aromatic heterocycles. The highest BCUT2D eigenvalue weighted by Gasteiger charge is 2.27. The normalized spacial score (nSPS) is 18.5. The second-order valence-corrected chi connectivity index (χ2v) is 5.18. The van der Waals surface area contributed by atoms with Gasteiger partial charge in [-0.15, -0.1) is 0 Å².